The molecule has 1 aromatic carbocycles. The number of hydrogen-bond acceptors (Lipinski definition) is 4. The second-order valence-corrected chi connectivity index (χ2v) is 7.35. The quantitative estimate of drug-likeness (QED) is 0.874. The number of benzene rings is 1. The standard InChI is InChI=1S/C17H21ClFNO5/c1-16(2,3)25-15(23)20-8-6-17(7-9-20,14(21)22)24-13-10-11(19)4-5-12(13)18/h4-5,10H,6-9H2,1-3H3,(H,21,22). The van der Waals surface area contributed by atoms with Crippen LogP contribution in [-0.4, -0.2) is 46.4 Å². The van der Waals surface area contributed by atoms with Gasteiger partial charge in [-0.1, -0.05) is 11.6 Å². The van der Waals surface area contributed by atoms with Crippen LogP contribution >= 0.6 is 11.6 Å². The third kappa shape index (κ3) is 4.75. The Balaban J connectivity index is 2.12. The molecule has 6 nitrogen and oxygen atoms in total. The molecule has 0 unspecified atom stereocenters. The van der Waals surface area contributed by atoms with Gasteiger partial charge in [-0.05, 0) is 32.9 Å². The number of carboxylic acids is 1. The van der Waals surface area contributed by atoms with Crippen molar-refractivity contribution in [1.82, 2.24) is 4.90 Å². The van der Waals surface area contributed by atoms with E-state index in [4.69, 9.17) is 21.1 Å². The normalized spacial score (nSPS) is 17.1. The Bertz CT molecular complexity index is 665. The highest BCUT2D eigenvalue weighted by Crippen LogP contribution is 2.34. The maximum Gasteiger partial charge on any atom is 0.410 e. The van der Waals surface area contributed by atoms with Crippen LogP contribution in [0.3, 0.4) is 0 Å². The van der Waals surface area contributed by atoms with E-state index in [0.717, 1.165) is 12.1 Å². The number of piperidine rings is 1. The number of aliphatic carboxylic acids is 1. The zero-order chi connectivity index (χ0) is 18.8. The van der Waals surface area contributed by atoms with Crippen LogP contribution in [0.4, 0.5) is 9.18 Å². The molecule has 0 radical (unpaired) electrons. The van der Waals surface area contributed by atoms with Crippen molar-refractivity contribution in [2.24, 2.45) is 0 Å². The van der Waals surface area contributed by atoms with Crippen molar-refractivity contribution in [3.05, 3.63) is 29.0 Å². The van der Waals surface area contributed by atoms with E-state index in [0.29, 0.717) is 0 Å². The molecule has 0 saturated carbocycles. The Morgan fingerprint density at radius 1 is 1.28 bits per heavy atom. The summed E-state index contributed by atoms with van der Waals surface area (Å²) in [5.41, 5.74) is -2.21. The van der Waals surface area contributed by atoms with Crippen molar-refractivity contribution < 1.29 is 28.6 Å². The first kappa shape index (κ1) is 19.3. The summed E-state index contributed by atoms with van der Waals surface area (Å²) < 4.78 is 24.3. The molecule has 2 rings (SSSR count). The number of nitrogens with zero attached hydrogens (tertiary/aromatic N) is 1. The molecule has 1 N–H and O–H groups in total. The van der Waals surface area contributed by atoms with Crippen LogP contribution in [0.5, 0.6) is 5.75 Å². The van der Waals surface area contributed by atoms with Crippen molar-refractivity contribution in [3.8, 4) is 5.75 Å². The topological polar surface area (TPSA) is 76.1 Å². The van der Waals surface area contributed by atoms with Crippen LogP contribution in [0.1, 0.15) is 33.6 Å². The van der Waals surface area contributed by atoms with Gasteiger partial charge in [0.1, 0.15) is 17.2 Å². The first-order valence-electron chi connectivity index (χ1n) is 7.88. The van der Waals surface area contributed by atoms with Crippen molar-refractivity contribution in [1.29, 1.82) is 0 Å². The number of carboxylic acid groups (broad SMARTS) is 1. The van der Waals surface area contributed by atoms with Crippen LogP contribution in [0.15, 0.2) is 18.2 Å². The molecular weight excluding hydrogens is 353 g/mol. The minimum absolute atomic E-state index is 0.0326. The first-order chi connectivity index (χ1) is 11.5. The van der Waals surface area contributed by atoms with Gasteiger partial charge in [-0.3, -0.25) is 0 Å². The fourth-order valence-corrected chi connectivity index (χ4v) is 2.66. The number of likely N-dealkylation sites (tertiary alicyclic amines) is 1. The molecule has 1 amide bonds. The van der Waals surface area contributed by atoms with Crippen LogP contribution in [0, 0.1) is 5.82 Å². The highest BCUT2D eigenvalue weighted by Gasteiger charge is 2.46. The maximum absolute atomic E-state index is 13.4. The summed E-state index contributed by atoms with van der Waals surface area (Å²) in [6.07, 6.45) is -0.432. The summed E-state index contributed by atoms with van der Waals surface area (Å²) in [5.74, 6) is -1.79. The van der Waals surface area contributed by atoms with Crippen molar-refractivity contribution >= 4 is 23.7 Å². The predicted molar refractivity (Wildman–Crippen MR) is 89.4 cm³/mol. The number of ether oxygens (including phenoxy) is 2. The van der Waals surface area contributed by atoms with E-state index in [9.17, 15) is 19.1 Å². The number of halogens is 2. The lowest BCUT2D eigenvalue weighted by Crippen LogP contribution is -2.55. The second kappa shape index (κ2) is 7.07. The van der Waals surface area contributed by atoms with Gasteiger partial charge in [0, 0.05) is 32.0 Å². The molecule has 1 aliphatic rings. The van der Waals surface area contributed by atoms with E-state index in [1.165, 1.54) is 11.0 Å². The summed E-state index contributed by atoms with van der Waals surface area (Å²) in [7, 11) is 0. The molecular formula is C17H21ClFNO5. The summed E-state index contributed by atoms with van der Waals surface area (Å²) in [6, 6.07) is 3.51. The lowest BCUT2D eigenvalue weighted by atomic mass is 9.91. The fraction of sp³-hybridized carbons (Fsp3) is 0.529. The van der Waals surface area contributed by atoms with Crippen molar-refractivity contribution in [2.75, 3.05) is 13.1 Å². The summed E-state index contributed by atoms with van der Waals surface area (Å²) in [6.45, 7) is 5.56. The minimum Gasteiger partial charge on any atom is -0.478 e. The molecule has 8 heteroatoms. The van der Waals surface area contributed by atoms with Crippen LogP contribution in [0.25, 0.3) is 0 Å². The monoisotopic (exact) mass is 373 g/mol. The van der Waals surface area contributed by atoms with Gasteiger partial charge in [-0.15, -0.1) is 0 Å². The zero-order valence-corrected chi connectivity index (χ0v) is 15.1. The molecule has 1 fully saturated rings. The van der Waals surface area contributed by atoms with E-state index in [1.807, 2.05) is 0 Å². The number of carbonyl (C=O) groups excluding carboxylic acids is 1. The molecule has 1 aromatic rings. The Morgan fingerprint density at radius 2 is 1.88 bits per heavy atom. The molecule has 0 bridgehead atoms. The van der Waals surface area contributed by atoms with E-state index in [1.54, 1.807) is 20.8 Å². The average Bonchev–Trinajstić information content (AvgIpc) is 2.49. The van der Waals surface area contributed by atoms with Crippen LogP contribution < -0.4 is 4.74 Å². The number of rotatable bonds is 3. The third-order valence-corrected chi connectivity index (χ3v) is 4.12. The third-order valence-electron chi connectivity index (χ3n) is 3.81. The van der Waals surface area contributed by atoms with Gasteiger partial charge in [0.15, 0.2) is 0 Å². The minimum atomic E-state index is -1.57. The van der Waals surface area contributed by atoms with Gasteiger partial charge < -0.3 is 19.5 Å². The van der Waals surface area contributed by atoms with Gasteiger partial charge in [-0.25, -0.2) is 14.0 Å². The highest BCUT2D eigenvalue weighted by atomic mass is 35.5. The largest absolute Gasteiger partial charge is 0.478 e. The maximum atomic E-state index is 13.4. The number of carbonyl (C=O) groups is 2. The Hall–Kier alpha value is -2.02. The zero-order valence-electron chi connectivity index (χ0n) is 14.3. The van der Waals surface area contributed by atoms with Crippen LogP contribution in [-0.2, 0) is 9.53 Å². The highest BCUT2D eigenvalue weighted by molar-refractivity contribution is 6.32. The summed E-state index contributed by atoms with van der Waals surface area (Å²) >= 11 is 5.96. The lowest BCUT2D eigenvalue weighted by Gasteiger charge is -2.39. The molecule has 1 aliphatic heterocycles. The van der Waals surface area contributed by atoms with Crippen molar-refractivity contribution in [3.63, 3.8) is 0 Å². The molecule has 0 atom stereocenters. The Kier molecular flexibility index (Phi) is 5.46. The van der Waals surface area contributed by atoms with Gasteiger partial charge in [0.05, 0.1) is 5.02 Å². The van der Waals surface area contributed by atoms with E-state index in [-0.39, 0.29) is 36.7 Å². The molecule has 0 spiro atoms. The van der Waals surface area contributed by atoms with Crippen molar-refractivity contribution in [2.45, 2.75) is 44.8 Å². The molecule has 138 valence electrons. The second-order valence-electron chi connectivity index (χ2n) is 6.94. The van der Waals surface area contributed by atoms with Gasteiger partial charge in [-0.2, -0.15) is 0 Å². The molecule has 25 heavy (non-hydrogen) atoms. The lowest BCUT2D eigenvalue weighted by molar-refractivity contribution is -0.159. The molecule has 0 aliphatic carbocycles. The first-order valence-corrected chi connectivity index (χ1v) is 8.26. The van der Waals surface area contributed by atoms with Gasteiger partial charge in [0.25, 0.3) is 0 Å². The number of hydrogen-bond donors (Lipinski definition) is 1. The predicted octanol–water partition coefficient (Wildman–Crippen LogP) is 3.71. The Morgan fingerprint density at radius 3 is 2.40 bits per heavy atom. The van der Waals surface area contributed by atoms with Gasteiger partial charge in [0.2, 0.25) is 5.60 Å². The SMILES string of the molecule is CC(C)(C)OC(=O)N1CCC(Oc2cc(F)ccc2Cl)(C(=O)O)CC1. The van der Waals surface area contributed by atoms with Crippen LogP contribution in [0.2, 0.25) is 5.02 Å². The van der Waals surface area contributed by atoms with Gasteiger partial charge >= 0.3 is 12.1 Å². The molecule has 1 heterocycles. The molecule has 0 aromatic heterocycles. The summed E-state index contributed by atoms with van der Waals surface area (Å²) in [4.78, 5) is 25.3. The smallest absolute Gasteiger partial charge is 0.410 e. The molecule has 1 saturated heterocycles. The number of amides is 1. The average molecular weight is 374 g/mol. The Labute approximate surface area is 150 Å². The summed E-state index contributed by atoms with van der Waals surface area (Å²) in [5, 5.41) is 9.75. The van der Waals surface area contributed by atoms with E-state index < -0.39 is 29.1 Å². The van der Waals surface area contributed by atoms with E-state index >= 15 is 0 Å². The fourth-order valence-electron chi connectivity index (χ4n) is 2.50. The van der Waals surface area contributed by atoms with E-state index in [2.05, 4.69) is 0 Å².